The van der Waals surface area contributed by atoms with Gasteiger partial charge in [0.05, 0.1) is 5.56 Å². The number of nitrogens with two attached hydrogens (primary N) is 1. The average Bonchev–Trinajstić information content (AvgIpc) is 3.03. The van der Waals surface area contributed by atoms with Gasteiger partial charge in [-0.15, -0.1) is 0 Å². The smallest absolute Gasteiger partial charge is 0.193 e. The Morgan fingerprint density at radius 2 is 1.74 bits per heavy atom. The normalized spacial score (nSPS) is 11.4. The Morgan fingerprint density at radius 1 is 1.00 bits per heavy atom. The maximum atomic E-state index is 13.7. The van der Waals surface area contributed by atoms with Crippen LogP contribution < -0.4 is 11.1 Å². The molecule has 116 valence electrons. The van der Waals surface area contributed by atoms with Gasteiger partial charge >= 0.3 is 0 Å². The predicted molar refractivity (Wildman–Crippen MR) is 89.5 cm³/mol. The lowest BCUT2D eigenvalue weighted by molar-refractivity contribution is 0.520. The fourth-order valence-corrected chi connectivity index (χ4v) is 2.14. The number of halogens is 1. The zero-order valence-corrected chi connectivity index (χ0v) is 12.4. The van der Waals surface area contributed by atoms with Gasteiger partial charge in [0.15, 0.2) is 5.96 Å². The monoisotopic (exact) mass is 309 g/mol. The summed E-state index contributed by atoms with van der Waals surface area (Å²) in [5.41, 5.74) is 7.12. The van der Waals surface area contributed by atoms with Crippen molar-refractivity contribution in [2.75, 3.05) is 5.32 Å². The van der Waals surface area contributed by atoms with E-state index < -0.39 is 0 Å². The fourth-order valence-electron chi connectivity index (χ4n) is 2.14. The molecule has 5 heteroatoms. The maximum Gasteiger partial charge on any atom is 0.193 e. The van der Waals surface area contributed by atoms with Gasteiger partial charge in [0, 0.05) is 5.69 Å². The van der Waals surface area contributed by atoms with Crippen LogP contribution in [0.5, 0.6) is 0 Å². The third kappa shape index (κ3) is 3.77. The van der Waals surface area contributed by atoms with Gasteiger partial charge in [-0.05, 0) is 36.4 Å². The van der Waals surface area contributed by atoms with E-state index >= 15 is 0 Å². The molecule has 0 amide bonds. The molecular weight excluding hydrogens is 293 g/mol. The minimum atomic E-state index is -0.317. The van der Waals surface area contributed by atoms with Crippen molar-refractivity contribution in [3.63, 3.8) is 0 Å². The molecule has 0 radical (unpaired) electrons. The van der Waals surface area contributed by atoms with Crippen molar-refractivity contribution in [1.82, 2.24) is 0 Å². The number of aliphatic imine (C=N–C) groups is 1. The minimum Gasteiger partial charge on any atom is -0.459 e. The molecule has 23 heavy (non-hydrogen) atoms. The summed E-state index contributed by atoms with van der Waals surface area (Å²) in [6.07, 6.45) is 0. The molecule has 0 saturated heterocycles. The molecular formula is C18H16FN3O. The fraction of sp³-hybridized carbons (Fsp3) is 0.0556. The van der Waals surface area contributed by atoms with Crippen molar-refractivity contribution in [3.8, 4) is 11.3 Å². The van der Waals surface area contributed by atoms with Crippen LogP contribution in [-0.4, -0.2) is 5.96 Å². The standard InChI is InChI=1S/C18H16FN3O/c19-16-9-5-4-8-15(16)17-11-10-14(23-17)12-21-18(20)22-13-6-2-1-3-7-13/h1-11H,12H2,(H3,20,21,22). The molecule has 0 bridgehead atoms. The van der Waals surface area contributed by atoms with E-state index in [1.165, 1.54) is 6.07 Å². The van der Waals surface area contributed by atoms with Gasteiger partial charge in [-0.1, -0.05) is 30.3 Å². The molecule has 1 heterocycles. The van der Waals surface area contributed by atoms with Crippen LogP contribution in [0.1, 0.15) is 5.76 Å². The highest BCUT2D eigenvalue weighted by molar-refractivity contribution is 5.92. The van der Waals surface area contributed by atoms with E-state index in [-0.39, 0.29) is 12.4 Å². The molecule has 3 rings (SSSR count). The van der Waals surface area contributed by atoms with Gasteiger partial charge in [0.1, 0.15) is 23.9 Å². The van der Waals surface area contributed by atoms with Crippen molar-refractivity contribution in [2.45, 2.75) is 6.54 Å². The highest BCUT2D eigenvalue weighted by atomic mass is 19.1. The average molecular weight is 309 g/mol. The van der Waals surface area contributed by atoms with E-state index in [0.717, 1.165) is 5.69 Å². The Bertz CT molecular complexity index is 812. The maximum absolute atomic E-state index is 13.7. The molecule has 0 fully saturated rings. The highest BCUT2D eigenvalue weighted by Gasteiger charge is 2.08. The number of anilines is 1. The highest BCUT2D eigenvalue weighted by Crippen LogP contribution is 2.25. The van der Waals surface area contributed by atoms with E-state index in [1.807, 2.05) is 30.3 Å². The largest absolute Gasteiger partial charge is 0.459 e. The van der Waals surface area contributed by atoms with Crippen molar-refractivity contribution in [1.29, 1.82) is 0 Å². The second-order valence-electron chi connectivity index (χ2n) is 4.94. The third-order valence-electron chi connectivity index (χ3n) is 3.25. The van der Waals surface area contributed by atoms with Gasteiger partial charge < -0.3 is 15.5 Å². The number of furan rings is 1. The summed E-state index contributed by atoms with van der Waals surface area (Å²) in [6.45, 7) is 0.278. The predicted octanol–water partition coefficient (Wildman–Crippen LogP) is 4.01. The van der Waals surface area contributed by atoms with E-state index in [0.29, 0.717) is 23.0 Å². The lowest BCUT2D eigenvalue weighted by atomic mass is 10.1. The molecule has 0 saturated carbocycles. The van der Waals surface area contributed by atoms with Crippen LogP contribution in [-0.2, 0) is 6.54 Å². The number of benzene rings is 2. The molecule has 0 aliphatic heterocycles. The second kappa shape index (κ2) is 6.79. The Morgan fingerprint density at radius 3 is 2.52 bits per heavy atom. The molecule has 3 N–H and O–H groups in total. The van der Waals surface area contributed by atoms with Gasteiger partial charge in [-0.2, -0.15) is 0 Å². The van der Waals surface area contributed by atoms with E-state index in [1.54, 1.807) is 30.3 Å². The van der Waals surface area contributed by atoms with Crippen LogP contribution in [0.15, 0.2) is 76.1 Å². The van der Waals surface area contributed by atoms with Crippen molar-refractivity contribution >= 4 is 11.6 Å². The van der Waals surface area contributed by atoms with Crippen molar-refractivity contribution in [3.05, 3.63) is 78.3 Å². The van der Waals surface area contributed by atoms with E-state index in [9.17, 15) is 4.39 Å². The lowest BCUT2D eigenvalue weighted by Crippen LogP contribution is -2.22. The lowest BCUT2D eigenvalue weighted by Gasteiger charge is -2.04. The first kappa shape index (κ1) is 14.8. The zero-order chi connectivity index (χ0) is 16.1. The van der Waals surface area contributed by atoms with Gasteiger partial charge in [-0.3, -0.25) is 0 Å². The number of hydrogen-bond donors (Lipinski definition) is 2. The summed E-state index contributed by atoms with van der Waals surface area (Å²) in [6, 6.07) is 19.5. The zero-order valence-electron chi connectivity index (χ0n) is 12.4. The number of para-hydroxylation sites is 1. The topological polar surface area (TPSA) is 63.5 Å². The number of nitrogens with zero attached hydrogens (tertiary/aromatic N) is 1. The number of rotatable bonds is 4. The summed E-state index contributed by atoms with van der Waals surface area (Å²) < 4.78 is 19.3. The summed E-state index contributed by atoms with van der Waals surface area (Å²) >= 11 is 0. The molecule has 1 aromatic heterocycles. The molecule has 2 aromatic carbocycles. The molecule has 0 atom stereocenters. The molecule has 0 aliphatic carbocycles. The van der Waals surface area contributed by atoms with Crippen LogP contribution >= 0.6 is 0 Å². The summed E-state index contributed by atoms with van der Waals surface area (Å²) in [4.78, 5) is 4.21. The van der Waals surface area contributed by atoms with Gasteiger partial charge in [0.25, 0.3) is 0 Å². The summed E-state index contributed by atoms with van der Waals surface area (Å²) in [5, 5.41) is 2.99. The van der Waals surface area contributed by atoms with Crippen molar-refractivity contribution < 1.29 is 8.81 Å². The third-order valence-corrected chi connectivity index (χ3v) is 3.25. The Kier molecular flexibility index (Phi) is 4.38. The van der Waals surface area contributed by atoms with E-state index in [2.05, 4.69) is 10.3 Å². The van der Waals surface area contributed by atoms with Crippen LogP contribution in [0.4, 0.5) is 10.1 Å². The quantitative estimate of drug-likeness (QED) is 0.565. The van der Waals surface area contributed by atoms with Crippen LogP contribution in [0.2, 0.25) is 0 Å². The van der Waals surface area contributed by atoms with Gasteiger partial charge in [0.2, 0.25) is 0 Å². The molecule has 0 spiro atoms. The summed E-state index contributed by atoms with van der Waals surface area (Å²) in [7, 11) is 0. The van der Waals surface area contributed by atoms with Gasteiger partial charge in [-0.25, -0.2) is 9.38 Å². The SMILES string of the molecule is NC(=NCc1ccc(-c2ccccc2F)o1)Nc1ccccc1. The molecule has 3 aromatic rings. The minimum absolute atomic E-state index is 0.278. The Hall–Kier alpha value is -3.08. The first-order valence-corrected chi connectivity index (χ1v) is 7.18. The molecule has 0 aliphatic rings. The van der Waals surface area contributed by atoms with E-state index in [4.69, 9.17) is 10.2 Å². The first-order chi connectivity index (χ1) is 11.2. The number of hydrogen-bond acceptors (Lipinski definition) is 2. The summed E-state index contributed by atoms with van der Waals surface area (Å²) in [5.74, 6) is 1.06. The van der Waals surface area contributed by atoms with Crippen LogP contribution in [0.25, 0.3) is 11.3 Å². The van der Waals surface area contributed by atoms with Crippen LogP contribution in [0.3, 0.4) is 0 Å². The van der Waals surface area contributed by atoms with Crippen molar-refractivity contribution in [2.24, 2.45) is 10.7 Å². The molecule has 0 unspecified atom stereocenters. The van der Waals surface area contributed by atoms with Crippen LogP contribution in [0, 0.1) is 5.82 Å². The number of guanidine groups is 1. The first-order valence-electron chi connectivity index (χ1n) is 7.18. The Balaban J connectivity index is 1.67. The second-order valence-corrected chi connectivity index (χ2v) is 4.94. The number of nitrogens with one attached hydrogen (secondary N) is 1. The molecule has 4 nitrogen and oxygen atoms in total. The Labute approximate surface area is 133 Å².